The van der Waals surface area contributed by atoms with Gasteiger partial charge in [-0.2, -0.15) is 0 Å². The number of rotatable bonds is 8. The topological polar surface area (TPSA) is 64.6 Å². The zero-order valence-corrected chi connectivity index (χ0v) is 22.8. The highest BCUT2D eigenvalue weighted by Crippen LogP contribution is 2.46. The average molecular weight is 522 g/mol. The van der Waals surface area contributed by atoms with Crippen LogP contribution < -0.4 is 10.1 Å². The van der Waals surface area contributed by atoms with Gasteiger partial charge in [0.2, 0.25) is 0 Å². The summed E-state index contributed by atoms with van der Waals surface area (Å²) in [6.07, 6.45) is 1.12. The zero-order valence-electron chi connectivity index (χ0n) is 22.8. The fourth-order valence-corrected chi connectivity index (χ4v) is 5.42. The number of carbonyl (C=O) groups excluding carboxylic acids is 2. The molecule has 2 atom stereocenters. The first-order valence-electron chi connectivity index (χ1n) is 13.6. The Morgan fingerprint density at radius 2 is 1.56 bits per heavy atom. The van der Waals surface area contributed by atoms with Crippen LogP contribution in [0.4, 0.5) is 0 Å². The third kappa shape index (κ3) is 5.98. The third-order valence-corrected chi connectivity index (χ3v) is 7.33. The highest BCUT2D eigenvalue weighted by molar-refractivity contribution is 6.04. The van der Waals surface area contributed by atoms with Crippen molar-refractivity contribution in [3.63, 3.8) is 0 Å². The highest BCUT2D eigenvalue weighted by Gasteiger charge is 2.41. The van der Waals surface area contributed by atoms with Gasteiger partial charge in [-0.15, -0.1) is 0 Å². The average Bonchev–Trinajstić information content (AvgIpc) is 2.95. The molecular formula is C34H35NO4. The van der Waals surface area contributed by atoms with Gasteiger partial charge in [0, 0.05) is 29.3 Å². The Balaban J connectivity index is 1.47. The number of nitrogens with one attached hydrogen (secondary N) is 1. The summed E-state index contributed by atoms with van der Waals surface area (Å²) >= 11 is 0. The van der Waals surface area contributed by atoms with Gasteiger partial charge in [-0.25, -0.2) is 4.79 Å². The summed E-state index contributed by atoms with van der Waals surface area (Å²) in [5.74, 6) is 0.231. The van der Waals surface area contributed by atoms with E-state index in [1.165, 1.54) is 0 Å². The molecule has 3 aromatic carbocycles. The molecule has 5 heteroatoms. The lowest BCUT2D eigenvalue weighted by Gasteiger charge is -2.36. The van der Waals surface area contributed by atoms with Crippen LogP contribution in [-0.2, 0) is 20.9 Å². The lowest BCUT2D eigenvalue weighted by atomic mass is 9.71. The number of carbonyl (C=O) groups is 2. The van der Waals surface area contributed by atoms with Gasteiger partial charge in [-0.3, -0.25) is 4.79 Å². The molecule has 0 saturated heterocycles. The molecule has 2 aliphatic rings. The van der Waals surface area contributed by atoms with Crippen LogP contribution >= 0.6 is 0 Å². The Morgan fingerprint density at radius 1 is 0.897 bits per heavy atom. The summed E-state index contributed by atoms with van der Waals surface area (Å²) in [5, 5.41) is 3.43. The van der Waals surface area contributed by atoms with Gasteiger partial charge >= 0.3 is 5.97 Å². The van der Waals surface area contributed by atoms with Crippen LogP contribution in [0.2, 0.25) is 0 Å². The number of dihydropyridines is 1. The number of Topliss-reactive ketones (excluding diaryl/α,β-unsaturated/α-hetero) is 1. The van der Waals surface area contributed by atoms with E-state index in [1.54, 1.807) is 0 Å². The minimum absolute atomic E-state index is 0.0636. The molecule has 0 fully saturated rings. The first-order chi connectivity index (χ1) is 18.9. The largest absolute Gasteiger partial charge is 0.489 e. The van der Waals surface area contributed by atoms with Crippen LogP contribution in [0.1, 0.15) is 62.1 Å². The van der Waals surface area contributed by atoms with E-state index < -0.39 is 5.92 Å². The van der Waals surface area contributed by atoms with Gasteiger partial charge in [-0.1, -0.05) is 86.6 Å². The monoisotopic (exact) mass is 521 g/mol. The lowest BCUT2D eigenvalue weighted by molar-refractivity contribution is -0.140. The Kier molecular flexibility index (Phi) is 7.97. The second-order valence-corrected chi connectivity index (χ2v) is 10.8. The van der Waals surface area contributed by atoms with Crippen molar-refractivity contribution in [1.82, 2.24) is 5.32 Å². The number of benzene rings is 3. The zero-order chi connectivity index (χ0) is 27.4. The van der Waals surface area contributed by atoms with E-state index >= 15 is 0 Å². The van der Waals surface area contributed by atoms with Gasteiger partial charge in [0.05, 0.1) is 12.2 Å². The van der Waals surface area contributed by atoms with Crippen molar-refractivity contribution in [1.29, 1.82) is 0 Å². The maximum Gasteiger partial charge on any atom is 0.336 e. The summed E-state index contributed by atoms with van der Waals surface area (Å²) in [6.45, 7) is 6.71. The molecule has 39 heavy (non-hydrogen) atoms. The fourth-order valence-electron chi connectivity index (χ4n) is 5.42. The van der Waals surface area contributed by atoms with Crippen LogP contribution in [0.5, 0.6) is 5.75 Å². The van der Waals surface area contributed by atoms with Crippen molar-refractivity contribution in [3.05, 3.63) is 124 Å². The van der Waals surface area contributed by atoms with Gasteiger partial charge in [0.1, 0.15) is 12.4 Å². The number of esters is 1. The van der Waals surface area contributed by atoms with Crippen molar-refractivity contribution in [2.75, 3.05) is 6.61 Å². The van der Waals surface area contributed by atoms with Crippen LogP contribution in [0.15, 0.2) is 107 Å². The standard InChI is InChI=1S/C34H35NO4/c1-22(2)20-39-34(37)31-23(3)35-29-18-27(25-12-8-5-9-13-25)19-30(36)33(29)32(31)26-14-16-28(17-15-26)38-21-24-10-6-4-7-11-24/h4-17,22,27,32,35H,18-21H2,1-3H3/t27-,32-/m0/s1. The predicted octanol–water partition coefficient (Wildman–Crippen LogP) is 6.83. The number of hydrogen-bond donors (Lipinski definition) is 1. The van der Waals surface area contributed by atoms with E-state index in [-0.39, 0.29) is 23.6 Å². The number of ketones is 1. The highest BCUT2D eigenvalue weighted by atomic mass is 16.5. The molecule has 1 aliphatic carbocycles. The fraction of sp³-hybridized carbons (Fsp3) is 0.294. The molecule has 5 nitrogen and oxygen atoms in total. The molecule has 200 valence electrons. The Hall–Kier alpha value is -4.12. The third-order valence-electron chi connectivity index (χ3n) is 7.33. The molecule has 1 N–H and O–H groups in total. The Bertz CT molecular complexity index is 1390. The number of hydrogen-bond acceptors (Lipinski definition) is 5. The Labute approximate surface area is 230 Å². The molecule has 3 aromatic rings. The first kappa shape index (κ1) is 26.5. The maximum absolute atomic E-state index is 13.8. The summed E-state index contributed by atoms with van der Waals surface area (Å²) in [6, 6.07) is 27.9. The molecule has 0 unspecified atom stereocenters. The molecule has 5 rings (SSSR count). The minimum Gasteiger partial charge on any atom is -0.489 e. The van der Waals surface area contributed by atoms with E-state index in [1.807, 2.05) is 93.6 Å². The van der Waals surface area contributed by atoms with E-state index in [4.69, 9.17) is 9.47 Å². The van der Waals surface area contributed by atoms with Crippen LogP contribution in [0.25, 0.3) is 0 Å². The van der Waals surface area contributed by atoms with Gasteiger partial charge in [0.15, 0.2) is 5.78 Å². The molecule has 0 saturated carbocycles. The van der Waals surface area contributed by atoms with Crippen molar-refractivity contribution in [3.8, 4) is 5.75 Å². The minimum atomic E-state index is -0.492. The second-order valence-electron chi connectivity index (χ2n) is 10.8. The van der Waals surface area contributed by atoms with E-state index in [0.29, 0.717) is 37.2 Å². The van der Waals surface area contributed by atoms with Crippen LogP contribution in [-0.4, -0.2) is 18.4 Å². The quantitative estimate of drug-likeness (QED) is 0.329. The molecule has 0 bridgehead atoms. The summed E-state index contributed by atoms with van der Waals surface area (Å²) < 4.78 is 11.7. The van der Waals surface area contributed by atoms with Crippen molar-refractivity contribution < 1.29 is 19.1 Å². The van der Waals surface area contributed by atoms with Crippen LogP contribution in [0, 0.1) is 5.92 Å². The van der Waals surface area contributed by atoms with E-state index in [2.05, 4.69) is 17.4 Å². The summed E-state index contributed by atoms with van der Waals surface area (Å²) in [4.78, 5) is 27.2. The van der Waals surface area contributed by atoms with Crippen molar-refractivity contribution >= 4 is 11.8 Å². The molecule has 0 radical (unpaired) electrons. The number of ether oxygens (including phenoxy) is 2. The SMILES string of the molecule is CC1=C(C(=O)OCC(C)C)[C@H](c2ccc(OCc3ccccc3)cc2)C2=C(C[C@H](c3ccccc3)CC2=O)N1. The van der Waals surface area contributed by atoms with Gasteiger partial charge < -0.3 is 14.8 Å². The normalized spacial score (nSPS) is 19.0. The second kappa shape index (κ2) is 11.7. The van der Waals surface area contributed by atoms with Crippen molar-refractivity contribution in [2.24, 2.45) is 5.92 Å². The Morgan fingerprint density at radius 3 is 2.23 bits per heavy atom. The lowest BCUT2D eigenvalue weighted by Crippen LogP contribution is -2.36. The maximum atomic E-state index is 13.8. The molecular weight excluding hydrogens is 486 g/mol. The summed E-state index contributed by atoms with van der Waals surface area (Å²) in [7, 11) is 0. The molecule has 0 aromatic heterocycles. The number of allylic oxidation sites excluding steroid dienone is 3. The molecule has 0 amide bonds. The van der Waals surface area contributed by atoms with Crippen molar-refractivity contribution in [2.45, 2.75) is 52.1 Å². The van der Waals surface area contributed by atoms with E-state index in [9.17, 15) is 9.59 Å². The molecule has 1 aliphatic heterocycles. The van der Waals surface area contributed by atoms with E-state index in [0.717, 1.165) is 33.8 Å². The van der Waals surface area contributed by atoms with Gasteiger partial charge in [0.25, 0.3) is 0 Å². The predicted molar refractivity (Wildman–Crippen MR) is 152 cm³/mol. The summed E-state index contributed by atoms with van der Waals surface area (Å²) in [5.41, 5.74) is 5.91. The molecule has 0 spiro atoms. The molecule has 1 heterocycles. The first-order valence-corrected chi connectivity index (χ1v) is 13.6. The smallest absolute Gasteiger partial charge is 0.336 e. The van der Waals surface area contributed by atoms with Gasteiger partial charge in [-0.05, 0) is 54.0 Å². The van der Waals surface area contributed by atoms with Crippen LogP contribution in [0.3, 0.4) is 0 Å².